The summed E-state index contributed by atoms with van der Waals surface area (Å²) in [5, 5.41) is 8.98. The molecule has 0 aromatic heterocycles. The predicted molar refractivity (Wildman–Crippen MR) is 59.6 cm³/mol. The van der Waals surface area contributed by atoms with Gasteiger partial charge in [-0.15, -0.1) is 0 Å². The van der Waals surface area contributed by atoms with Crippen molar-refractivity contribution in [3.05, 3.63) is 41.5 Å². The first-order valence-electron chi connectivity index (χ1n) is 4.82. The van der Waals surface area contributed by atoms with Crippen LogP contribution in [0.5, 0.6) is 0 Å². The van der Waals surface area contributed by atoms with Gasteiger partial charge in [-0.25, -0.2) is 0 Å². The SMILES string of the molecule is Cc1ccc(/C(C#N)=C/C(C)C)cc1. The molecule has 14 heavy (non-hydrogen) atoms. The van der Waals surface area contributed by atoms with Gasteiger partial charge >= 0.3 is 0 Å². The Labute approximate surface area is 85.7 Å². The lowest BCUT2D eigenvalue weighted by atomic mass is 10.0. The zero-order valence-electron chi connectivity index (χ0n) is 8.91. The third kappa shape index (κ3) is 2.74. The molecule has 1 aromatic carbocycles. The summed E-state index contributed by atoms with van der Waals surface area (Å²) in [7, 11) is 0. The first-order chi connectivity index (χ1) is 6.63. The van der Waals surface area contributed by atoms with Crippen LogP contribution in [0.1, 0.15) is 25.0 Å². The molecule has 1 rings (SSSR count). The van der Waals surface area contributed by atoms with Crippen LogP contribution in [0, 0.1) is 24.2 Å². The van der Waals surface area contributed by atoms with Crippen molar-refractivity contribution in [2.24, 2.45) is 5.92 Å². The molecule has 0 spiro atoms. The van der Waals surface area contributed by atoms with Crippen LogP contribution >= 0.6 is 0 Å². The summed E-state index contributed by atoms with van der Waals surface area (Å²) in [5.41, 5.74) is 2.99. The van der Waals surface area contributed by atoms with Crippen molar-refractivity contribution in [2.45, 2.75) is 20.8 Å². The normalized spacial score (nSPS) is 11.5. The summed E-state index contributed by atoms with van der Waals surface area (Å²) in [6, 6.07) is 10.3. The lowest BCUT2D eigenvalue weighted by Crippen LogP contribution is -1.86. The Morgan fingerprint density at radius 3 is 2.29 bits per heavy atom. The van der Waals surface area contributed by atoms with E-state index in [1.165, 1.54) is 5.56 Å². The first kappa shape index (κ1) is 10.5. The molecule has 1 aromatic rings. The molecule has 0 amide bonds. The van der Waals surface area contributed by atoms with Crippen molar-refractivity contribution in [3.8, 4) is 6.07 Å². The molecule has 0 unspecified atom stereocenters. The fraction of sp³-hybridized carbons (Fsp3) is 0.308. The summed E-state index contributed by atoms with van der Waals surface area (Å²) >= 11 is 0. The van der Waals surface area contributed by atoms with E-state index in [4.69, 9.17) is 5.26 Å². The minimum Gasteiger partial charge on any atom is -0.192 e. The van der Waals surface area contributed by atoms with Gasteiger partial charge in [-0.05, 0) is 18.4 Å². The second-order valence-electron chi connectivity index (χ2n) is 3.80. The minimum absolute atomic E-state index is 0.408. The molecule has 0 fully saturated rings. The van der Waals surface area contributed by atoms with Crippen LogP contribution in [-0.2, 0) is 0 Å². The molecule has 0 aliphatic rings. The van der Waals surface area contributed by atoms with E-state index in [9.17, 15) is 0 Å². The Morgan fingerprint density at radius 2 is 1.86 bits per heavy atom. The second-order valence-corrected chi connectivity index (χ2v) is 3.80. The Kier molecular flexibility index (Phi) is 3.48. The van der Waals surface area contributed by atoms with Crippen LogP contribution in [0.25, 0.3) is 5.57 Å². The number of hydrogen-bond donors (Lipinski definition) is 0. The molecule has 0 heterocycles. The Bertz CT molecular complexity index is 363. The summed E-state index contributed by atoms with van der Waals surface area (Å²) in [6.07, 6.45) is 1.99. The van der Waals surface area contributed by atoms with Crippen LogP contribution in [0.3, 0.4) is 0 Å². The lowest BCUT2D eigenvalue weighted by molar-refractivity contribution is 0.834. The summed E-state index contributed by atoms with van der Waals surface area (Å²) < 4.78 is 0. The smallest absolute Gasteiger partial charge is 0.0994 e. The molecule has 72 valence electrons. The average Bonchev–Trinajstić information content (AvgIpc) is 2.15. The van der Waals surface area contributed by atoms with Crippen molar-refractivity contribution in [1.82, 2.24) is 0 Å². The summed E-state index contributed by atoms with van der Waals surface area (Å²) in [5.74, 6) is 0.408. The standard InChI is InChI=1S/C13H15N/c1-10(2)8-13(9-14)12-6-4-11(3)5-7-12/h4-8,10H,1-3H3/b13-8+. The summed E-state index contributed by atoms with van der Waals surface area (Å²) in [6.45, 7) is 6.19. The topological polar surface area (TPSA) is 23.8 Å². The quantitative estimate of drug-likeness (QED) is 0.646. The van der Waals surface area contributed by atoms with E-state index in [1.54, 1.807) is 0 Å². The molecule has 0 bridgehead atoms. The van der Waals surface area contributed by atoms with Gasteiger partial charge in [-0.2, -0.15) is 5.26 Å². The molecule has 0 radical (unpaired) electrons. The molecule has 0 aliphatic heterocycles. The minimum atomic E-state index is 0.408. The maximum Gasteiger partial charge on any atom is 0.0994 e. The van der Waals surface area contributed by atoms with E-state index in [1.807, 2.05) is 37.3 Å². The number of nitrogens with zero attached hydrogens (tertiary/aromatic N) is 1. The van der Waals surface area contributed by atoms with Crippen LogP contribution < -0.4 is 0 Å². The molecule has 1 heteroatoms. The number of allylic oxidation sites excluding steroid dienone is 2. The maximum atomic E-state index is 8.98. The van der Waals surface area contributed by atoms with Gasteiger partial charge in [0.05, 0.1) is 11.6 Å². The van der Waals surface area contributed by atoms with Crippen LogP contribution in [0.2, 0.25) is 0 Å². The fourth-order valence-electron chi connectivity index (χ4n) is 1.26. The molecule has 0 N–H and O–H groups in total. The monoisotopic (exact) mass is 185 g/mol. The first-order valence-corrected chi connectivity index (χ1v) is 4.82. The molecule has 0 aliphatic carbocycles. The van der Waals surface area contributed by atoms with Crippen molar-refractivity contribution < 1.29 is 0 Å². The molecular weight excluding hydrogens is 170 g/mol. The van der Waals surface area contributed by atoms with E-state index < -0.39 is 0 Å². The van der Waals surface area contributed by atoms with E-state index in [0.29, 0.717) is 5.92 Å². The molecule has 0 saturated carbocycles. The van der Waals surface area contributed by atoms with Gasteiger partial charge in [0.25, 0.3) is 0 Å². The van der Waals surface area contributed by atoms with Crippen molar-refractivity contribution in [3.63, 3.8) is 0 Å². The summed E-state index contributed by atoms with van der Waals surface area (Å²) in [4.78, 5) is 0. The highest BCUT2D eigenvalue weighted by molar-refractivity contribution is 5.76. The Balaban J connectivity index is 3.03. The van der Waals surface area contributed by atoms with Gasteiger partial charge in [0, 0.05) is 0 Å². The van der Waals surface area contributed by atoms with Gasteiger partial charge < -0.3 is 0 Å². The van der Waals surface area contributed by atoms with Gasteiger partial charge in [0.15, 0.2) is 0 Å². The predicted octanol–water partition coefficient (Wildman–Crippen LogP) is 3.56. The van der Waals surface area contributed by atoms with Gasteiger partial charge in [-0.1, -0.05) is 49.8 Å². The molecule has 0 atom stereocenters. The van der Waals surface area contributed by atoms with Crippen LogP contribution in [0.15, 0.2) is 30.3 Å². The number of nitriles is 1. The Hall–Kier alpha value is -1.55. The highest BCUT2D eigenvalue weighted by atomic mass is 14.2. The third-order valence-corrected chi connectivity index (χ3v) is 1.98. The highest BCUT2D eigenvalue weighted by Gasteiger charge is 2.00. The zero-order valence-corrected chi connectivity index (χ0v) is 8.91. The van der Waals surface area contributed by atoms with Crippen LogP contribution in [0.4, 0.5) is 0 Å². The number of rotatable bonds is 2. The van der Waals surface area contributed by atoms with Crippen LogP contribution in [-0.4, -0.2) is 0 Å². The van der Waals surface area contributed by atoms with E-state index >= 15 is 0 Å². The fourth-order valence-corrected chi connectivity index (χ4v) is 1.26. The highest BCUT2D eigenvalue weighted by Crippen LogP contribution is 2.16. The molecule has 0 saturated heterocycles. The van der Waals surface area contributed by atoms with Gasteiger partial charge in [0.1, 0.15) is 0 Å². The van der Waals surface area contributed by atoms with E-state index in [2.05, 4.69) is 19.9 Å². The van der Waals surface area contributed by atoms with E-state index in [0.717, 1.165) is 11.1 Å². The number of aryl methyl sites for hydroxylation is 1. The molecular formula is C13H15N. The van der Waals surface area contributed by atoms with Crippen molar-refractivity contribution in [2.75, 3.05) is 0 Å². The maximum absolute atomic E-state index is 8.98. The van der Waals surface area contributed by atoms with Gasteiger partial charge in [0.2, 0.25) is 0 Å². The average molecular weight is 185 g/mol. The molecule has 1 nitrogen and oxygen atoms in total. The second kappa shape index (κ2) is 4.62. The number of benzene rings is 1. The zero-order chi connectivity index (χ0) is 10.6. The largest absolute Gasteiger partial charge is 0.192 e. The lowest BCUT2D eigenvalue weighted by Gasteiger charge is -2.01. The van der Waals surface area contributed by atoms with Crippen molar-refractivity contribution in [1.29, 1.82) is 5.26 Å². The van der Waals surface area contributed by atoms with E-state index in [-0.39, 0.29) is 0 Å². The van der Waals surface area contributed by atoms with Gasteiger partial charge in [-0.3, -0.25) is 0 Å². The van der Waals surface area contributed by atoms with Crippen molar-refractivity contribution >= 4 is 5.57 Å². The Morgan fingerprint density at radius 1 is 1.29 bits per heavy atom. The third-order valence-electron chi connectivity index (χ3n) is 1.98. The number of hydrogen-bond acceptors (Lipinski definition) is 1.